The van der Waals surface area contributed by atoms with E-state index >= 15 is 0 Å². The van der Waals surface area contributed by atoms with Crippen LogP contribution in [0.3, 0.4) is 0 Å². The number of benzene rings is 1. The second-order valence-corrected chi connectivity index (χ2v) is 3.25. The average Bonchev–Trinajstić information content (AvgIpc) is 2.07. The van der Waals surface area contributed by atoms with Crippen LogP contribution in [0.2, 0.25) is 0 Å². The molecule has 0 nitrogen and oxygen atoms in total. The van der Waals surface area contributed by atoms with Crippen molar-refractivity contribution in [2.75, 3.05) is 0 Å². The standard InChI is InChI=1S/C10H10F4/c1-6-3-4-8(5-7(6)2)9(11)10(12,13)14/h3-5,9H,1-2H3. The largest absolute Gasteiger partial charge is 0.423 e. The molecule has 1 aromatic rings. The summed E-state index contributed by atoms with van der Waals surface area (Å²) >= 11 is 0. The Balaban J connectivity index is 3.03. The number of halogens is 4. The monoisotopic (exact) mass is 206 g/mol. The summed E-state index contributed by atoms with van der Waals surface area (Å²) in [6, 6.07) is 3.89. The van der Waals surface area contributed by atoms with Crippen molar-refractivity contribution in [1.82, 2.24) is 0 Å². The van der Waals surface area contributed by atoms with Gasteiger partial charge in [0.15, 0.2) is 0 Å². The lowest BCUT2D eigenvalue weighted by Gasteiger charge is -2.13. The van der Waals surface area contributed by atoms with Crippen LogP contribution in [0.5, 0.6) is 0 Å². The number of aryl methyl sites for hydroxylation is 2. The van der Waals surface area contributed by atoms with Crippen molar-refractivity contribution in [3.8, 4) is 0 Å². The number of hydrogen-bond acceptors (Lipinski definition) is 0. The Bertz CT molecular complexity index is 327. The molecule has 1 aromatic carbocycles. The van der Waals surface area contributed by atoms with E-state index < -0.39 is 12.3 Å². The van der Waals surface area contributed by atoms with Gasteiger partial charge in [0.05, 0.1) is 0 Å². The van der Waals surface area contributed by atoms with Crippen molar-refractivity contribution in [1.29, 1.82) is 0 Å². The quantitative estimate of drug-likeness (QED) is 0.612. The fourth-order valence-corrected chi connectivity index (χ4v) is 1.11. The Morgan fingerprint density at radius 2 is 1.64 bits per heavy atom. The predicted molar refractivity (Wildman–Crippen MR) is 45.8 cm³/mol. The molecular formula is C10H10F4. The molecule has 78 valence electrons. The Morgan fingerprint density at radius 1 is 1.07 bits per heavy atom. The van der Waals surface area contributed by atoms with E-state index in [0.717, 1.165) is 5.56 Å². The van der Waals surface area contributed by atoms with E-state index in [1.165, 1.54) is 18.2 Å². The lowest BCUT2D eigenvalue weighted by Crippen LogP contribution is -2.16. The van der Waals surface area contributed by atoms with Gasteiger partial charge in [0.25, 0.3) is 0 Å². The zero-order chi connectivity index (χ0) is 10.9. The van der Waals surface area contributed by atoms with Crippen molar-refractivity contribution < 1.29 is 17.6 Å². The third-order valence-corrected chi connectivity index (χ3v) is 2.11. The van der Waals surface area contributed by atoms with Crippen LogP contribution in [-0.2, 0) is 0 Å². The van der Waals surface area contributed by atoms with Gasteiger partial charge in [0.1, 0.15) is 0 Å². The molecule has 0 aliphatic rings. The van der Waals surface area contributed by atoms with Gasteiger partial charge in [-0.1, -0.05) is 18.2 Å². The normalized spacial score (nSPS) is 14.1. The van der Waals surface area contributed by atoms with Gasteiger partial charge < -0.3 is 0 Å². The Morgan fingerprint density at radius 3 is 2.07 bits per heavy atom. The van der Waals surface area contributed by atoms with Crippen molar-refractivity contribution in [2.24, 2.45) is 0 Å². The highest BCUT2D eigenvalue weighted by Gasteiger charge is 2.41. The third kappa shape index (κ3) is 2.25. The maximum atomic E-state index is 12.8. The van der Waals surface area contributed by atoms with E-state index in [2.05, 4.69) is 0 Å². The first kappa shape index (κ1) is 11.0. The molecule has 0 aliphatic carbocycles. The Hall–Kier alpha value is -1.06. The van der Waals surface area contributed by atoms with Crippen LogP contribution < -0.4 is 0 Å². The van der Waals surface area contributed by atoms with Gasteiger partial charge in [-0.25, -0.2) is 4.39 Å². The molecule has 0 spiro atoms. The molecule has 1 unspecified atom stereocenters. The highest BCUT2D eigenvalue weighted by atomic mass is 19.4. The molecule has 1 atom stereocenters. The zero-order valence-corrected chi connectivity index (χ0v) is 7.82. The van der Waals surface area contributed by atoms with E-state index in [4.69, 9.17) is 0 Å². The van der Waals surface area contributed by atoms with Crippen LogP contribution in [0.4, 0.5) is 17.6 Å². The molecule has 0 bridgehead atoms. The molecule has 0 aromatic heterocycles. The van der Waals surface area contributed by atoms with Gasteiger partial charge in [-0.15, -0.1) is 0 Å². The van der Waals surface area contributed by atoms with Crippen molar-refractivity contribution >= 4 is 0 Å². The molecule has 0 amide bonds. The Labute approximate surface area is 79.6 Å². The van der Waals surface area contributed by atoms with Crippen LogP contribution in [0, 0.1) is 13.8 Å². The van der Waals surface area contributed by atoms with Gasteiger partial charge in [-0.05, 0) is 30.5 Å². The molecule has 0 N–H and O–H groups in total. The van der Waals surface area contributed by atoms with E-state index in [0.29, 0.717) is 5.56 Å². The van der Waals surface area contributed by atoms with Crippen LogP contribution in [-0.4, -0.2) is 6.18 Å². The van der Waals surface area contributed by atoms with E-state index in [-0.39, 0.29) is 5.56 Å². The van der Waals surface area contributed by atoms with Crippen molar-refractivity contribution in [3.05, 3.63) is 34.9 Å². The predicted octanol–water partition coefficient (Wildman–Crippen LogP) is 3.88. The van der Waals surface area contributed by atoms with E-state index in [1.807, 2.05) is 0 Å². The molecule has 14 heavy (non-hydrogen) atoms. The molecule has 1 rings (SSSR count). The lowest BCUT2D eigenvalue weighted by atomic mass is 10.0. The van der Waals surface area contributed by atoms with Crippen LogP contribution in [0.15, 0.2) is 18.2 Å². The molecule has 0 saturated heterocycles. The molecule has 0 heterocycles. The number of alkyl halides is 4. The fraction of sp³-hybridized carbons (Fsp3) is 0.400. The van der Waals surface area contributed by atoms with Crippen LogP contribution in [0.25, 0.3) is 0 Å². The topological polar surface area (TPSA) is 0 Å². The summed E-state index contributed by atoms with van der Waals surface area (Å²) in [5.74, 6) is 0. The first-order valence-electron chi connectivity index (χ1n) is 4.10. The van der Waals surface area contributed by atoms with E-state index in [9.17, 15) is 17.6 Å². The van der Waals surface area contributed by atoms with Gasteiger partial charge >= 0.3 is 6.18 Å². The molecule has 0 radical (unpaired) electrons. The van der Waals surface area contributed by atoms with Crippen LogP contribution >= 0.6 is 0 Å². The summed E-state index contributed by atoms with van der Waals surface area (Å²) in [6.07, 6.45) is -7.70. The van der Waals surface area contributed by atoms with E-state index in [1.54, 1.807) is 13.8 Å². The van der Waals surface area contributed by atoms with Gasteiger partial charge in [0, 0.05) is 0 Å². The summed E-state index contributed by atoms with van der Waals surface area (Å²) < 4.78 is 48.8. The highest BCUT2D eigenvalue weighted by molar-refractivity contribution is 5.31. The average molecular weight is 206 g/mol. The van der Waals surface area contributed by atoms with Crippen molar-refractivity contribution in [3.63, 3.8) is 0 Å². The fourth-order valence-electron chi connectivity index (χ4n) is 1.11. The minimum absolute atomic E-state index is 0.333. The first-order valence-corrected chi connectivity index (χ1v) is 4.10. The minimum Gasteiger partial charge on any atom is -0.232 e. The highest BCUT2D eigenvalue weighted by Crippen LogP contribution is 2.36. The molecule has 0 fully saturated rings. The Kier molecular flexibility index (Phi) is 2.83. The molecule has 4 heteroatoms. The second-order valence-electron chi connectivity index (χ2n) is 3.25. The van der Waals surface area contributed by atoms with Gasteiger partial charge in [0.2, 0.25) is 6.17 Å². The molecule has 0 saturated carbocycles. The molecule has 0 aliphatic heterocycles. The maximum absolute atomic E-state index is 12.8. The summed E-state index contributed by atoms with van der Waals surface area (Å²) in [7, 11) is 0. The van der Waals surface area contributed by atoms with Gasteiger partial charge in [-0.3, -0.25) is 0 Å². The first-order chi connectivity index (χ1) is 6.32. The third-order valence-electron chi connectivity index (χ3n) is 2.11. The second kappa shape index (κ2) is 3.59. The minimum atomic E-state index is -4.82. The smallest absolute Gasteiger partial charge is 0.232 e. The zero-order valence-electron chi connectivity index (χ0n) is 7.82. The molecular weight excluding hydrogens is 196 g/mol. The summed E-state index contributed by atoms with van der Waals surface area (Å²) in [5.41, 5.74) is 1.18. The maximum Gasteiger partial charge on any atom is 0.423 e. The lowest BCUT2D eigenvalue weighted by molar-refractivity contribution is -0.182. The summed E-state index contributed by atoms with van der Waals surface area (Å²) in [5, 5.41) is 0. The van der Waals surface area contributed by atoms with Crippen LogP contribution in [0.1, 0.15) is 22.9 Å². The summed E-state index contributed by atoms with van der Waals surface area (Å²) in [6.45, 7) is 3.42. The SMILES string of the molecule is Cc1ccc(C(F)C(F)(F)F)cc1C. The van der Waals surface area contributed by atoms with Crippen molar-refractivity contribution in [2.45, 2.75) is 26.2 Å². The number of hydrogen-bond donors (Lipinski definition) is 0. The van der Waals surface area contributed by atoms with Gasteiger partial charge in [-0.2, -0.15) is 13.2 Å². The summed E-state index contributed by atoms with van der Waals surface area (Å²) in [4.78, 5) is 0. The number of rotatable bonds is 1.